The molecule has 4 heteroatoms. The van der Waals surface area contributed by atoms with Crippen LogP contribution in [-0.2, 0) is 6.42 Å². The SMILES string of the molecule is CN.O=Cc1ccc(CCS)s1. The molecule has 68 valence electrons. The first-order valence-electron chi connectivity index (χ1n) is 3.59. The zero-order chi connectivity index (χ0) is 9.40. The third-order valence-corrected chi connectivity index (χ3v) is 2.45. The van der Waals surface area contributed by atoms with E-state index in [1.54, 1.807) is 11.3 Å². The van der Waals surface area contributed by atoms with E-state index in [4.69, 9.17) is 0 Å². The summed E-state index contributed by atoms with van der Waals surface area (Å²) in [6.45, 7) is 0. The van der Waals surface area contributed by atoms with Crippen LogP contribution in [0.3, 0.4) is 0 Å². The fourth-order valence-electron chi connectivity index (χ4n) is 0.702. The summed E-state index contributed by atoms with van der Waals surface area (Å²) in [4.78, 5) is 12.3. The maximum absolute atomic E-state index is 10.2. The van der Waals surface area contributed by atoms with E-state index < -0.39 is 0 Å². The van der Waals surface area contributed by atoms with Crippen molar-refractivity contribution in [1.29, 1.82) is 0 Å². The number of carbonyl (C=O) groups excluding carboxylic acids is 1. The van der Waals surface area contributed by atoms with Crippen LogP contribution in [0.1, 0.15) is 14.5 Å². The summed E-state index contributed by atoms with van der Waals surface area (Å²) in [6.07, 6.45) is 1.84. The van der Waals surface area contributed by atoms with Crippen molar-refractivity contribution in [1.82, 2.24) is 0 Å². The lowest BCUT2D eigenvalue weighted by Crippen LogP contribution is -1.77. The van der Waals surface area contributed by atoms with Crippen LogP contribution in [0.25, 0.3) is 0 Å². The molecular weight excluding hydrogens is 190 g/mol. The van der Waals surface area contributed by atoms with Gasteiger partial charge < -0.3 is 5.73 Å². The van der Waals surface area contributed by atoms with E-state index in [1.165, 1.54) is 11.9 Å². The zero-order valence-electron chi connectivity index (χ0n) is 6.99. The maximum Gasteiger partial charge on any atom is 0.160 e. The van der Waals surface area contributed by atoms with Gasteiger partial charge in [-0.1, -0.05) is 0 Å². The molecule has 1 aromatic heterocycles. The van der Waals surface area contributed by atoms with Gasteiger partial charge in [-0.05, 0) is 31.4 Å². The molecule has 1 heterocycles. The molecule has 0 radical (unpaired) electrons. The molecule has 1 aromatic rings. The number of thiophene rings is 1. The molecule has 0 fully saturated rings. The third kappa shape index (κ3) is 3.90. The molecular formula is C8H13NOS2. The highest BCUT2D eigenvalue weighted by Gasteiger charge is 1.96. The lowest BCUT2D eigenvalue weighted by atomic mass is 10.4. The molecule has 0 amide bonds. The van der Waals surface area contributed by atoms with Gasteiger partial charge in [-0.2, -0.15) is 12.6 Å². The van der Waals surface area contributed by atoms with Crippen LogP contribution in [0, 0.1) is 0 Å². The van der Waals surface area contributed by atoms with Crippen molar-refractivity contribution >= 4 is 30.3 Å². The second-order valence-electron chi connectivity index (χ2n) is 1.90. The van der Waals surface area contributed by atoms with Crippen LogP contribution < -0.4 is 5.73 Å². The van der Waals surface area contributed by atoms with E-state index >= 15 is 0 Å². The van der Waals surface area contributed by atoms with Gasteiger partial charge in [0, 0.05) is 4.88 Å². The van der Waals surface area contributed by atoms with Crippen LogP contribution in [0.15, 0.2) is 12.1 Å². The van der Waals surface area contributed by atoms with Gasteiger partial charge in [0.1, 0.15) is 0 Å². The van der Waals surface area contributed by atoms with E-state index in [-0.39, 0.29) is 0 Å². The van der Waals surface area contributed by atoms with Crippen molar-refractivity contribution in [3.63, 3.8) is 0 Å². The molecule has 0 aliphatic heterocycles. The molecule has 0 unspecified atom stereocenters. The minimum absolute atomic E-state index is 0.803. The van der Waals surface area contributed by atoms with Gasteiger partial charge in [0.15, 0.2) is 6.29 Å². The number of aldehydes is 1. The number of aryl methyl sites for hydroxylation is 1. The number of hydrogen-bond acceptors (Lipinski definition) is 4. The molecule has 2 N–H and O–H groups in total. The first-order chi connectivity index (χ1) is 5.86. The Balaban J connectivity index is 0.000000561. The quantitative estimate of drug-likeness (QED) is 0.579. The standard InChI is InChI=1S/C7H8OS2.CH5N/c8-5-7-2-1-6(10-7)3-4-9;1-2/h1-2,5,9H,3-4H2;2H2,1H3. The Labute approximate surface area is 82.2 Å². The van der Waals surface area contributed by atoms with Crippen molar-refractivity contribution in [2.45, 2.75) is 6.42 Å². The first kappa shape index (κ1) is 11.7. The monoisotopic (exact) mass is 203 g/mol. The van der Waals surface area contributed by atoms with Gasteiger partial charge >= 0.3 is 0 Å². The average Bonchev–Trinajstić information content (AvgIpc) is 2.57. The van der Waals surface area contributed by atoms with E-state index in [2.05, 4.69) is 18.4 Å². The number of thiol groups is 1. The lowest BCUT2D eigenvalue weighted by Gasteiger charge is -1.86. The van der Waals surface area contributed by atoms with Crippen LogP contribution in [0.4, 0.5) is 0 Å². The van der Waals surface area contributed by atoms with Crippen LogP contribution in [-0.4, -0.2) is 19.1 Å². The summed E-state index contributed by atoms with van der Waals surface area (Å²) in [5, 5.41) is 0. The van der Waals surface area contributed by atoms with Gasteiger partial charge in [0.2, 0.25) is 0 Å². The predicted molar refractivity (Wildman–Crippen MR) is 57.4 cm³/mol. The Kier molecular flexibility index (Phi) is 7.14. The summed E-state index contributed by atoms with van der Waals surface area (Å²) in [6, 6.07) is 3.82. The van der Waals surface area contributed by atoms with E-state index in [0.717, 1.165) is 23.3 Å². The summed E-state index contributed by atoms with van der Waals surface area (Å²) in [5.41, 5.74) is 4.50. The van der Waals surface area contributed by atoms with Gasteiger partial charge in [-0.3, -0.25) is 4.79 Å². The maximum atomic E-state index is 10.2. The Bertz CT molecular complexity index is 223. The summed E-state index contributed by atoms with van der Waals surface area (Å²) >= 11 is 5.63. The topological polar surface area (TPSA) is 43.1 Å². The van der Waals surface area contributed by atoms with Crippen molar-refractivity contribution in [3.8, 4) is 0 Å². The smallest absolute Gasteiger partial charge is 0.160 e. The highest BCUT2D eigenvalue weighted by atomic mass is 32.1. The second-order valence-corrected chi connectivity index (χ2v) is 3.54. The van der Waals surface area contributed by atoms with Gasteiger partial charge in [-0.25, -0.2) is 0 Å². The largest absolute Gasteiger partial charge is 0.333 e. The van der Waals surface area contributed by atoms with Gasteiger partial charge in [0.25, 0.3) is 0 Å². The van der Waals surface area contributed by atoms with Gasteiger partial charge in [-0.15, -0.1) is 11.3 Å². The van der Waals surface area contributed by atoms with E-state index in [0.29, 0.717) is 0 Å². The number of rotatable bonds is 3. The molecule has 12 heavy (non-hydrogen) atoms. The summed E-state index contributed by atoms with van der Waals surface area (Å²) in [5.74, 6) is 0.846. The third-order valence-electron chi connectivity index (χ3n) is 1.16. The molecule has 0 saturated heterocycles. The van der Waals surface area contributed by atoms with Crippen molar-refractivity contribution in [3.05, 3.63) is 21.9 Å². The molecule has 0 bridgehead atoms. The van der Waals surface area contributed by atoms with Crippen LogP contribution in [0.5, 0.6) is 0 Å². The molecule has 0 aliphatic rings. The number of hydrogen-bond donors (Lipinski definition) is 2. The molecule has 0 aliphatic carbocycles. The predicted octanol–water partition coefficient (Wildman–Crippen LogP) is 1.61. The first-order valence-corrected chi connectivity index (χ1v) is 5.04. The second kappa shape index (κ2) is 7.34. The normalized spacial score (nSPS) is 8.58. The molecule has 1 rings (SSSR count). The van der Waals surface area contributed by atoms with Crippen molar-refractivity contribution < 1.29 is 4.79 Å². The summed E-state index contributed by atoms with van der Waals surface area (Å²) in [7, 11) is 1.50. The molecule has 0 atom stereocenters. The molecule has 0 aromatic carbocycles. The van der Waals surface area contributed by atoms with Crippen molar-refractivity contribution in [2.24, 2.45) is 5.73 Å². The highest BCUT2D eigenvalue weighted by Crippen LogP contribution is 2.14. The average molecular weight is 203 g/mol. The van der Waals surface area contributed by atoms with Gasteiger partial charge in [0.05, 0.1) is 4.88 Å². The highest BCUT2D eigenvalue weighted by molar-refractivity contribution is 7.80. The Morgan fingerprint density at radius 1 is 1.58 bits per heavy atom. The molecule has 0 saturated carbocycles. The minimum atomic E-state index is 0.803. The minimum Gasteiger partial charge on any atom is -0.333 e. The van der Waals surface area contributed by atoms with Crippen molar-refractivity contribution in [2.75, 3.05) is 12.8 Å². The zero-order valence-corrected chi connectivity index (χ0v) is 8.70. The molecule has 0 spiro atoms. The van der Waals surface area contributed by atoms with Crippen LogP contribution in [0.2, 0.25) is 0 Å². The fraction of sp³-hybridized carbons (Fsp3) is 0.375. The summed E-state index contributed by atoms with van der Waals surface area (Å²) < 4.78 is 0. The van der Waals surface area contributed by atoms with E-state index in [1.807, 2.05) is 12.1 Å². The number of nitrogens with two attached hydrogens (primary N) is 1. The number of carbonyl (C=O) groups is 1. The molecule has 2 nitrogen and oxygen atoms in total. The lowest BCUT2D eigenvalue weighted by molar-refractivity contribution is 0.112. The van der Waals surface area contributed by atoms with E-state index in [9.17, 15) is 4.79 Å². The Hall–Kier alpha value is -0.320. The Morgan fingerprint density at radius 2 is 2.25 bits per heavy atom. The Morgan fingerprint density at radius 3 is 2.67 bits per heavy atom. The fourth-order valence-corrected chi connectivity index (χ4v) is 1.92. The van der Waals surface area contributed by atoms with Crippen LogP contribution >= 0.6 is 24.0 Å².